The smallest absolute Gasteiger partial charge is 0.255 e. The summed E-state index contributed by atoms with van der Waals surface area (Å²) in [6, 6.07) is 9.85. The number of rotatable bonds is 4. The molecule has 1 unspecified atom stereocenters. The maximum absolute atomic E-state index is 12.2. The second-order valence-electron chi connectivity index (χ2n) is 4.39. The predicted octanol–water partition coefficient (Wildman–Crippen LogP) is 2.59. The van der Waals surface area contributed by atoms with Crippen molar-refractivity contribution in [2.24, 2.45) is 7.05 Å². The summed E-state index contributed by atoms with van der Waals surface area (Å²) in [6.07, 6.45) is 1.74. The van der Waals surface area contributed by atoms with E-state index in [2.05, 4.69) is 26.3 Å². The number of nitrogens with one attached hydrogen (secondary N) is 1. The molecule has 1 aromatic heterocycles. The number of amides is 1. The Bertz CT molecular complexity index is 565. The fourth-order valence-electron chi connectivity index (χ4n) is 1.95. The van der Waals surface area contributed by atoms with Gasteiger partial charge in [0.05, 0.1) is 17.3 Å². The molecule has 0 saturated carbocycles. The van der Waals surface area contributed by atoms with Gasteiger partial charge in [-0.25, -0.2) is 0 Å². The van der Waals surface area contributed by atoms with Crippen molar-refractivity contribution in [1.29, 1.82) is 0 Å². The highest BCUT2D eigenvalue weighted by molar-refractivity contribution is 9.09. The first-order chi connectivity index (χ1) is 9.11. The third-order valence-electron chi connectivity index (χ3n) is 2.92. The molecule has 5 heteroatoms. The van der Waals surface area contributed by atoms with Crippen LogP contribution in [-0.4, -0.2) is 21.0 Å². The molecule has 0 spiro atoms. The van der Waals surface area contributed by atoms with Gasteiger partial charge in [-0.2, -0.15) is 5.10 Å². The molecule has 1 heterocycles. The Morgan fingerprint density at radius 2 is 2.11 bits per heavy atom. The van der Waals surface area contributed by atoms with E-state index in [0.717, 1.165) is 11.3 Å². The summed E-state index contributed by atoms with van der Waals surface area (Å²) < 4.78 is 1.65. The average molecular weight is 322 g/mol. The number of hydrogen-bond donors (Lipinski definition) is 1. The van der Waals surface area contributed by atoms with Gasteiger partial charge in [-0.3, -0.25) is 9.48 Å². The van der Waals surface area contributed by atoms with Crippen LogP contribution < -0.4 is 5.32 Å². The summed E-state index contributed by atoms with van der Waals surface area (Å²) in [7, 11) is 1.81. The molecular weight excluding hydrogens is 306 g/mol. The van der Waals surface area contributed by atoms with E-state index in [1.54, 1.807) is 10.9 Å². The van der Waals surface area contributed by atoms with Crippen LogP contribution in [0.15, 0.2) is 36.5 Å². The highest BCUT2D eigenvalue weighted by Crippen LogP contribution is 2.16. The minimum atomic E-state index is -0.0982. The molecule has 1 aromatic carbocycles. The Balaban J connectivity index is 2.15. The zero-order valence-corrected chi connectivity index (χ0v) is 12.5. The van der Waals surface area contributed by atoms with E-state index in [1.165, 1.54) is 0 Å². The molecule has 2 aromatic rings. The average Bonchev–Trinajstić information content (AvgIpc) is 2.76. The lowest BCUT2D eigenvalue weighted by Crippen LogP contribution is -2.29. The summed E-state index contributed by atoms with van der Waals surface area (Å²) in [6.45, 7) is 1.83. The van der Waals surface area contributed by atoms with Crippen molar-refractivity contribution in [3.8, 4) is 0 Å². The first-order valence-corrected chi connectivity index (χ1v) is 7.16. The number of benzene rings is 1. The van der Waals surface area contributed by atoms with E-state index in [-0.39, 0.29) is 11.9 Å². The molecule has 0 radical (unpaired) electrons. The first kappa shape index (κ1) is 13.8. The van der Waals surface area contributed by atoms with Crippen LogP contribution in [0.25, 0.3) is 0 Å². The first-order valence-electron chi connectivity index (χ1n) is 6.04. The standard InChI is InChI=1S/C14H16BrN3O/c1-10-12(9-18(2)17-10)14(19)16-13(8-15)11-6-4-3-5-7-11/h3-7,9,13H,8H2,1-2H3,(H,16,19). The van der Waals surface area contributed by atoms with Crippen molar-refractivity contribution in [2.45, 2.75) is 13.0 Å². The quantitative estimate of drug-likeness (QED) is 0.880. The number of alkyl halides is 1. The van der Waals surface area contributed by atoms with E-state index in [9.17, 15) is 4.79 Å². The monoisotopic (exact) mass is 321 g/mol. The third kappa shape index (κ3) is 3.23. The lowest BCUT2D eigenvalue weighted by atomic mass is 10.1. The van der Waals surface area contributed by atoms with E-state index in [1.807, 2.05) is 44.3 Å². The van der Waals surface area contributed by atoms with Gasteiger partial charge >= 0.3 is 0 Å². The molecule has 4 nitrogen and oxygen atoms in total. The normalized spacial score (nSPS) is 12.2. The van der Waals surface area contributed by atoms with E-state index >= 15 is 0 Å². The lowest BCUT2D eigenvalue weighted by molar-refractivity contribution is 0.0940. The van der Waals surface area contributed by atoms with E-state index in [4.69, 9.17) is 0 Å². The molecule has 0 bridgehead atoms. The number of carbonyl (C=O) groups is 1. The highest BCUT2D eigenvalue weighted by Gasteiger charge is 2.17. The minimum Gasteiger partial charge on any atom is -0.344 e. The molecular formula is C14H16BrN3O. The number of halogens is 1. The Labute approximate surface area is 120 Å². The van der Waals surface area contributed by atoms with Crippen LogP contribution >= 0.6 is 15.9 Å². The Kier molecular flexibility index (Phi) is 4.37. The molecule has 0 aliphatic heterocycles. The molecule has 0 saturated heterocycles. The largest absolute Gasteiger partial charge is 0.344 e. The van der Waals surface area contributed by atoms with E-state index < -0.39 is 0 Å². The van der Waals surface area contributed by atoms with Crippen molar-refractivity contribution in [3.63, 3.8) is 0 Å². The number of aryl methyl sites for hydroxylation is 2. The molecule has 1 N–H and O–H groups in total. The fraction of sp³-hybridized carbons (Fsp3) is 0.286. The zero-order valence-electron chi connectivity index (χ0n) is 10.9. The van der Waals surface area contributed by atoms with Crippen molar-refractivity contribution < 1.29 is 4.79 Å². The van der Waals surface area contributed by atoms with Gasteiger partial charge in [-0.1, -0.05) is 46.3 Å². The summed E-state index contributed by atoms with van der Waals surface area (Å²) in [4.78, 5) is 12.2. The molecule has 100 valence electrons. The zero-order chi connectivity index (χ0) is 13.8. The van der Waals surface area contributed by atoms with Crippen LogP contribution in [0.5, 0.6) is 0 Å². The summed E-state index contributed by atoms with van der Waals surface area (Å²) in [5, 5.41) is 7.87. The van der Waals surface area contributed by atoms with Gasteiger partial charge < -0.3 is 5.32 Å². The van der Waals surface area contributed by atoms with E-state index in [0.29, 0.717) is 10.9 Å². The molecule has 0 aliphatic rings. The number of hydrogen-bond acceptors (Lipinski definition) is 2. The topological polar surface area (TPSA) is 46.9 Å². The Morgan fingerprint density at radius 1 is 1.42 bits per heavy atom. The SMILES string of the molecule is Cc1nn(C)cc1C(=O)NC(CBr)c1ccccc1. The minimum absolute atomic E-state index is 0.0479. The van der Waals surface area contributed by atoms with Gasteiger partial charge in [-0.05, 0) is 12.5 Å². The molecule has 0 fully saturated rings. The van der Waals surface area contributed by atoms with Gasteiger partial charge in [0, 0.05) is 18.6 Å². The number of nitrogens with zero attached hydrogens (tertiary/aromatic N) is 2. The number of aromatic nitrogens is 2. The number of carbonyl (C=O) groups excluding carboxylic acids is 1. The van der Waals surface area contributed by atoms with Gasteiger partial charge in [-0.15, -0.1) is 0 Å². The summed E-state index contributed by atoms with van der Waals surface area (Å²) in [5.41, 5.74) is 2.43. The summed E-state index contributed by atoms with van der Waals surface area (Å²) >= 11 is 3.44. The second kappa shape index (κ2) is 6.02. The van der Waals surface area contributed by atoms with Crippen molar-refractivity contribution >= 4 is 21.8 Å². The van der Waals surface area contributed by atoms with Gasteiger partial charge in [0.2, 0.25) is 0 Å². The van der Waals surface area contributed by atoms with Crippen LogP contribution in [0, 0.1) is 6.92 Å². The van der Waals surface area contributed by atoms with Crippen molar-refractivity contribution in [1.82, 2.24) is 15.1 Å². The molecule has 1 atom stereocenters. The van der Waals surface area contributed by atoms with Gasteiger partial charge in [0.25, 0.3) is 5.91 Å². The summed E-state index contributed by atoms with van der Waals surface area (Å²) in [5.74, 6) is -0.0982. The third-order valence-corrected chi connectivity index (χ3v) is 3.57. The molecule has 0 aliphatic carbocycles. The lowest BCUT2D eigenvalue weighted by Gasteiger charge is -2.16. The van der Waals surface area contributed by atoms with Crippen molar-refractivity contribution in [2.75, 3.05) is 5.33 Å². The fourth-order valence-corrected chi connectivity index (χ4v) is 2.49. The highest BCUT2D eigenvalue weighted by atomic mass is 79.9. The van der Waals surface area contributed by atoms with Crippen LogP contribution in [0.1, 0.15) is 27.7 Å². The van der Waals surface area contributed by atoms with Crippen molar-refractivity contribution in [3.05, 3.63) is 53.3 Å². The Morgan fingerprint density at radius 3 is 2.63 bits per heavy atom. The molecule has 2 rings (SSSR count). The maximum Gasteiger partial charge on any atom is 0.255 e. The molecule has 1 amide bonds. The predicted molar refractivity (Wildman–Crippen MR) is 78.4 cm³/mol. The van der Waals surface area contributed by atoms with Gasteiger partial charge in [0.15, 0.2) is 0 Å². The van der Waals surface area contributed by atoms with Crippen LogP contribution in [0.3, 0.4) is 0 Å². The van der Waals surface area contributed by atoms with Crippen LogP contribution in [0.4, 0.5) is 0 Å². The second-order valence-corrected chi connectivity index (χ2v) is 5.04. The van der Waals surface area contributed by atoms with Gasteiger partial charge in [0.1, 0.15) is 0 Å². The van der Waals surface area contributed by atoms with Crippen LogP contribution in [-0.2, 0) is 7.05 Å². The molecule has 19 heavy (non-hydrogen) atoms. The maximum atomic E-state index is 12.2. The Hall–Kier alpha value is -1.62. The van der Waals surface area contributed by atoms with Crippen LogP contribution in [0.2, 0.25) is 0 Å².